The van der Waals surface area contributed by atoms with Gasteiger partial charge in [-0.05, 0) is 25.0 Å². The lowest BCUT2D eigenvalue weighted by atomic mass is 10.1. The maximum absolute atomic E-state index is 11.8. The topological polar surface area (TPSA) is 40.5 Å². The Morgan fingerprint density at radius 3 is 2.71 bits per heavy atom. The first kappa shape index (κ1) is 14.2. The summed E-state index contributed by atoms with van der Waals surface area (Å²) >= 11 is 3.47. The average molecular weight is 300 g/mol. The molecule has 0 aliphatic heterocycles. The summed E-state index contributed by atoms with van der Waals surface area (Å²) in [5, 5.41) is 8.84. The van der Waals surface area contributed by atoms with E-state index in [0.29, 0.717) is 19.5 Å². The van der Waals surface area contributed by atoms with Crippen LogP contribution in [0.5, 0.6) is 0 Å². The third-order valence-corrected chi connectivity index (χ3v) is 3.44. The van der Waals surface area contributed by atoms with E-state index in [1.807, 2.05) is 31.2 Å². The van der Waals surface area contributed by atoms with Crippen molar-refractivity contribution < 1.29 is 9.90 Å². The predicted molar refractivity (Wildman–Crippen MR) is 71.8 cm³/mol. The summed E-state index contributed by atoms with van der Waals surface area (Å²) in [4.78, 5) is 13.5. The highest BCUT2D eigenvalue weighted by Crippen LogP contribution is 2.17. The fourth-order valence-corrected chi connectivity index (χ4v) is 2.16. The van der Waals surface area contributed by atoms with Crippen LogP contribution in [0.15, 0.2) is 28.7 Å². The molecule has 17 heavy (non-hydrogen) atoms. The Bertz CT molecular complexity index is 368. The second-order valence-corrected chi connectivity index (χ2v) is 4.64. The van der Waals surface area contributed by atoms with Crippen molar-refractivity contribution in [2.24, 2.45) is 0 Å². The highest BCUT2D eigenvalue weighted by Gasteiger charge is 2.11. The molecule has 1 N–H and O–H groups in total. The molecular weight excluding hydrogens is 282 g/mol. The molecule has 0 aromatic heterocycles. The van der Waals surface area contributed by atoms with Crippen LogP contribution in [-0.2, 0) is 11.2 Å². The zero-order valence-electron chi connectivity index (χ0n) is 10.0. The Morgan fingerprint density at radius 2 is 2.12 bits per heavy atom. The molecule has 0 atom stereocenters. The zero-order valence-corrected chi connectivity index (χ0v) is 11.6. The quantitative estimate of drug-likeness (QED) is 0.875. The van der Waals surface area contributed by atoms with Gasteiger partial charge in [0.15, 0.2) is 0 Å². The minimum atomic E-state index is 0.0224. The molecule has 0 saturated carbocycles. The summed E-state index contributed by atoms with van der Waals surface area (Å²) in [7, 11) is 0. The van der Waals surface area contributed by atoms with E-state index in [1.54, 1.807) is 4.90 Å². The van der Waals surface area contributed by atoms with Crippen molar-refractivity contribution in [2.75, 3.05) is 19.7 Å². The molecule has 0 spiro atoms. The molecule has 0 heterocycles. The van der Waals surface area contributed by atoms with Crippen molar-refractivity contribution >= 4 is 21.8 Å². The van der Waals surface area contributed by atoms with E-state index in [-0.39, 0.29) is 12.5 Å². The van der Waals surface area contributed by atoms with Crippen LogP contribution >= 0.6 is 15.9 Å². The van der Waals surface area contributed by atoms with Crippen LogP contribution in [0.4, 0.5) is 0 Å². The van der Waals surface area contributed by atoms with Crippen molar-refractivity contribution in [2.45, 2.75) is 19.8 Å². The first-order valence-electron chi connectivity index (χ1n) is 5.81. The molecular formula is C13H18BrNO2. The van der Waals surface area contributed by atoms with Crippen LogP contribution in [0.2, 0.25) is 0 Å². The first-order chi connectivity index (χ1) is 8.19. The van der Waals surface area contributed by atoms with Crippen LogP contribution in [0.3, 0.4) is 0 Å². The van der Waals surface area contributed by atoms with E-state index >= 15 is 0 Å². The Labute approximate surface area is 111 Å². The van der Waals surface area contributed by atoms with Gasteiger partial charge < -0.3 is 10.0 Å². The third kappa shape index (κ3) is 4.48. The number of aliphatic hydroxyl groups excluding tert-OH is 1. The second kappa shape index (κ2) is 7.45. The molecule has 0 saturated heterocycles. The molecule has 0 aliphatic carbocycles. The molecule has 1 aromatic rings. The SMILES string of the molecule is CCN(CCO)C(=O)CCc1ccccc1Br. The number of aliphatic hydroxyl groups is 1. The first-order valence-corrected chi connectivity index (χ1v) is 6.60. The van der Waals surface area contributed by atoms with Gasteiger partial charge in [0.2, 0.25) is 5.91 Å². The number of rotatable bonds is 6. The van der Waals surface area contributed by atoms with Gasteiger partial charge in [-0.2, -0.15) is 0 Å². The summed E-state index contributed by atoms with van der Waals surface area (Å²) in [5.41, 5.74) is 1.14. The molecule has 0 radical (unpaired) electrons. The maximum atomic E-state index is 11.8. The zero-order chi connectivity index (χ0) is 12.7. The highest BCUT2D eigenvalue weighted by atomic mass is 79.9. The lowest BCUT2D eigenvalue weighted by molar-refractivity contribution is -0.131. The lowest BCUT2D eigenvalue weighted by Gasteiger charge is -2.19. The van der Waals surface area contributed by atoms with Crippen molar-refractivity contribution in [3.63, 3.8) is 0 Å². The number of carbonyl (C=O) groups is 1. The number of halogens is 1. The monoisotopic (exact) mass is 299 g/mol. The number of amides is 1. The Hall–Kier alpha value is -0.870. The van der Waals surface area contributed by atoms with Gasteiger partial charge in [0.25, 0.3) is 0 Å². The number of aryl methyl sites for hydroxylation is 1. The summed E-state index contributed by atoms with van der Waals surface area (Å²) in [6.45, 7) is 3.02. The highest BCUT2D eigenvalue weighted by molar-refractivity contribution is 9.10. The van der Waals surface area contributed by atoms with Crippen LogP contribution in [0, 0.1) is 0 Å². The normalized spacial score (nSPS) is 10.3. The van der Waals surface area contributed by atoms with Crippen LogP contribution in [-0.4, -0.2) is 35.6 Å². The van der Waals surface area contributed by atoms with Gasteiger partial charge >= 0.3 is 0 Å². The summed E-state index contributed by atoms with van der Waals surface area (Å²) in [6, 6.07) is 7.92. The van der Waals surface area contributed by atoms with E-state index in [0.717, 1.165) is 16.5 Å². The lowest BCUT2D eigenvalue weighted by Crippen LogP contribution is -2.33. The Morgan fingerprint density at radius 1 is 1.41 bits per heavy atom. The van der Waals surface area contributed by atoms with Crippen LogP contribution in [0.1, 0.15) is 18.9 Å². The third-order valence-electron chi connectivity index (χ3n) is 2.67. The van der Waals surface area contributed by atoms with Crippen molar-refractivity contribution in [1.29, 1.82) is 0 Å². The Balaban J connectivity index is 2.50. The molecule has 0 bridgehead atoms. The van der Waals surface area contributed by atoms with Crippen molar-refractivity contribution in [3.8, 4) is 0 Å². The van der Waals surface area contributed by atoms with E-state index < -0.39 is 0 Å². The van der Waals surface area contributed by atoms with E-state index in [1.165, 1.54) is 0 Å². The van der Waals surface area contributed by atoms with Crippen LogP contribution < -0.4 is 0 Å². The standard InChI is InChI=1S/C13H18BrNO2/c1-2-15(9-10-16)13(17)8-7-11-5-3-4-6-12(11)14/h3-6,16H,2,7-10H2,1H3. The van der Waals surface area contributed by atoms with Gasteiger partial charge in [-0.3, -0.25) is 4.79 Å². The minimum absolute atomic E-state index is 0.0224. The number of hydrogen-bond donors (Lipinski definition) is 1. The molecule has 1 rings (SSSR count). The Kier molecular flexibility index (Phi) is 6.22. The molecule has 0 unspecified atom stereocenters. The summed E-state index contributed by atoms with van der Waals surface area (Å²) < 4.78 is 1.04. The van der Waals surface area contributed by atoms with Gasteiger partial charge in [0, 0.05) is 24.0 Å². The molecule has 4 heteroatoms. The van der Waals surface area contributed by atoms with Gasteiger partial charge in [0.05, 0.1) is 6.61 Å². The van der Waals surface area contributed by atoms with Gasteiger partial charge in [-0.25, -0.2) is 0 Å². The van der Waals surface area contributed by atoms with E-state index in [9.17, 15) is 4.79 Å². The van der Waals surface area contributed by atoms with Gasteiger partial charge in [-0.15, -0.1) is 0 Å². The average Bonchev–Trinajstić information content (AvgIpc) is 2.34. The molecule has 1 amide bonds. The fraction of sp³-hybridized carbons (Fsp3) is 0.462. The molecule has 94 valence electrons. The number of carbonyl (C=O) groups excluding carboxylic acids is 1. The van der Waals surface area contributed by atoms with Crippen molar-refractivity contribution in [1.82, 2.24) is 4.90 Å². The smallest absolute Gasteiger partial charge is 0.222 e. The number of benzene rings is 1. The van der Waals surface area contributed by atoms with E-state index in [4.69, 9.17) is 5.11 Å². The van der Waals surface area contributed by atoms with Gasteiger partial charge in [0.1, 0.15) is 0 Å². The molecule has 0 fully saturated rings. The molecule has 0 aliphatic rings. The second-order valence-electron chi connectivity index (χ2n) is 3.79. The number of likely N-dealkylation sites (N-methyl/N-ethyl adjacent to an activating group) is 1. The summed E-state index contributed by atoms with van der Waals surface area (Å²) in [5.74, 6) is 0.0947. The molecule has 3 nitrogen and oxygen atoms in total. The van der Waals surface area contributed by atoms with Gasteiger partial charge in [-0.1, -0.05) is 34.1 Å². The molecule has 1 aromatic carbocycles. The maximum Gasteiger partial charge on any atom is 0.222 e. The summed E-state index contributed by atoms with van der Waals surface area (Å²) in [6.07, 6.45) is 1.21. The fourth-order valence-electron chi connectivity index (χ4n) is 1.68. The predicted octanol–water partition coefficient (Wildman–Crippen LogP) is 2.22. The van der Waals surface area contributed by atoms with Crippen LogP contribution in [0.25, 0.3) is 0 Å². The number of nitrogens with zero attached hydrogens (tertiary/aromatic N) is 1. The minimum Gasteiger partial charge on any atom is -0.395 e. The number of hydrogen-bond acceptors (Lipinski definition) is 2. The largest absolute Gasteiger partial charge is 0.395 e. The van der Waals surface area contributed by atoms with E-state index in [2.05, 4.69) is 15.9 Å². The van der Waals surface area contributed by atoms with Crippen molar-refractivity contribution in [3.05, 3.63) is 34.3 Å².